The summed E-state index contributed by atoms with van der Waals surface area (Å²) in [6, 6.07) is 0. The third-order valence-corrected chi connectivity index (χ3v) is 2.13. The van der Waals surface area contributed by atoms with Gasteiger partial charge in [-0.3, -0.25) is 4.79 Å². The Kier molecular flexibility index (Phi) is 7.69. The van der Waals surface area contributed by atoms with Gasteiger partial charge in [-0.2, -0.15) is 0 Å². The van der Waals surface area contributed by atoms with E-state index in [2.05, 4.69) is 0 Å². The van der Waals surface area contributed by atoms with E-state index in [1.807, 2.05) is 6.92 Å². The van der Waals surface area contributed by atoms with Crippen LogP contribution in [0.15, 0.2) is 0 Å². The molecule has 0 aromatic carbocycles. The largest absolute Gasteiger partial charge is 0.481 e. The van der Waals surface area contributed by atoms with Crippen molar-refractivity contribution in [2.45, 2.75) is 45.4 Å². The van der Waals surface area contributed by atoms with E-state index in [1.165, 1.54) is 0 Å². The van der Waals surface area contributed by atoms with Crippen LogP contribution in [0, 0.1) is 5.92 Å². The van der Waals surface area contributed by atoms with Crippen LogP contribution in [0.3, 0.4) is 0 Å². The summed E-state index contributed by atoms with van der Waals surface area (Å²) in [7, 11) is 0. The zero-order valence-corrected chi connectivity index (χ0v) is 8.33. The van der Waals surface area contributed by atoms with Gasteiger partial charge in [0.25, 0.3) is 0 Å². The molecule has 0 spiro atoms. The highest BCUT2D eigenvalue weighted by Gasteiger charge is 2.06. The van der Waals surface area contributed by atoms with Crippen LogP contribution in [0.25, 0.3) is 0 Å². The van der Waals surface area contributed by atoms with Gasteiger partial charge in [0.15, 0.2) is 0 Å². The third kappa shape index (κ3) is 9.34. The first kappa shape index (κ1) is 12.4. The molecule has 0 aliphatic heterocycles. The van der Waals surface area contributed by atoms with Crippen LogP contribution < -0.4 is 0 Å². The second-order valence-electron chi connectivity index (χ2n) is 3.63. The summed E-state index contributed by atoms with van der Waals surface area (Å²) in [5, 5.41) is 17.0. The van der Waals surface area contributed by atoms with Crippen LogP contribution in [-0.2, 0) is 4.79 Å². The van der Waals surface area contributed by atoms with Crippen molar-refractivity contribution in [2.24, 2.45) is 5.92 Å². The normalized spacial score (nSPS) is 12.8. The molecule has 0 aromatic heterocycles. The summed E-state index contributed by atoms with van der Waals surface area (Å²) < 4.78 is 0. The molecule has 0 aromatic rings. The molecule has 1 unspecified atom stereocenters. The SMILES string of the molecule is CC(CCCCCCO)CC(=O)O. The molecule has 0 aliphatic carbocycles. The molecule has 3 nitrogen and oxygen atoms in total. The van der Waals surface area contributed by atoms with Crippen molar-refractivity contribution in [3.63, 3.8) is 0 Å². The van der Waals surface area contributed by atoms with Gasteiger partial charge < -0.3 is 10.2 Å². The van der Waals surface area contributed by atoms with Gasteiger partial charge in [0.05, 0.1) is 0 Å². The molecular weight excluding hydrogens is 168 g/mol. The first-order chi connectivity index (χ1) is 6.16. The fourth-order valence-electron chi connectivity index (χ4n) is 1.36. The predicted molar refractivity (Wildman–Crippen MR) is 51.6 cm³/mol. The van der Waals surface area contributed by atoms with Gasteiger partial charge >= 0.3 is 5.97 Å². The number of aliphatic hydroxyl groups is 1. The molecule has 0 radical (unpaired) electrons. The third-order valence-electron chi connectivity index (χ3n) is 2.13. The average molecular weight is 188 g/mol. The van der Waals surface area contributed by atoms with Gasteiger partial charge in [-0.05, 0) is 12.3 Å². The maximum absolute atomic E-state index is 10.3. The molecule has 0 rings (SSSR count). The number of unbranched alkanes of at least 4 members (excludes halogenated alkanes) is 3. The number of carboxylic acids is 1. The minimum Gasteiger partial charge on any atom is -0.481 e. The molecule has 3 heteroatoms. The van der Waals surface area contributed by atoms with E-state index in [9.17, 15) is 4.79 Å². The van der Waals surface area contributed by atoms with Gasteiger partial charge in [0.2, 0.25) is 0 Å². The molecule has 0 aliphatic rings. The lowest BCUT2D eigenvalue weighted by Crippen LogP contribution is -2.03. The van der Waals surface area contributed by atoms with Crippen molar-refractivity contribution in [3.8, 4) is 0 Å². The maximum atomic E-state index is 10.3. The molecule has 0 fully saturated rings. The zero-order chi connectivity index (χ0) is 10.1. The van der Waals surface area contributed by atoms with Gasteiger partial charge in [0.1, 0.15) is 0 Å². The monoisotopic (exact) mass is 188 g/mol. The van der Waals surface area contributed by atoms with Crippen molar-refractivity contribution in [2.75, 3.05) is 6.61 Å². The number of hydrogen-bond acceptors (Lipinski definition) is 2. The fraction of sp³-hybridized carbons (Fsp3) is 0.900. The predicted octanol–water partition coefficient (Wildman–Crippen LogP) is 2.04. The van der Waals surface area contributed by atoms with Crippen LogP contribution >= 0.6 is 0 Å². The number of carbonyl (C=O) groups is 1. The Morgan fingerprint density at radius 3 is 2.38 bits per heavy atom. The topological polar surface area (TPSA) is 57.5 Å². The molecule has 0 saturated carbocycles. The van der Waals surface area contributed by atoms with Crippen molar-refractivity contribution >= 4 is 5.97 Å². The fourth-order valence-corrected chi connectivity index (χ4v) is 1.36. The first-order valence-corrected chi connectivity index (χ1v) is 4.99. The summed E-state index contributed by atoms with van der Waals surface area (Å²) in [6.07, 6.45) is 5.36. The number of carboxylic acid groups (broad SMARTS) is 1. The lowest BCUT2D eigenvalue weighted by molar-refractivity contribution is -0.138. The smallest absolute Gasteiger partial charge is 0.303 e. The highest BCUT2D eigenvalue weighted by atomic mass is 16.4. The number of aliphatic hydroxyl groups excluding tert-OH is 1. The second-order valence-corrected chi connectivity index (χ2v) is 3.63. The van der Waals surface area contributed by atoms with Crippen LogP contribution in [0.4, 0.5) is 0 Å². The number of rotatable bonds is 8. The van der Waals surface area contributed by atoms with E-state index >= 15 is 0 Å². The van der Waals surface area contributed by atoms with E-state index in [-0.39, 0.29) is 18.9 Å². The number of hydrogen-bond donors (Lipinski definition) is 2. The van der Waals surface area contributed by atoms with E-state index in [1.54, 1.807) is 0 Å². The van der Waals surface area contributed by atoms with Crippen molar-refractivity contribution in [3.05, 3.63) is 0 Å². The maximum Gasteiger partial charge on any atom is 0.303 e. The minimum atomic E-state index is -0.706. The van der Waals surface area contributed by atoms with E-state index in [0.29, 0.717) is 0 Å². The quantitative estimate of drug-likeness (QED) is 0.573. The Morgan fingerprint density at radius 1 is 1.23 bits per heavy atom. The number of aliphatic carboxylic acids is 1. The Balaban J connectivity index is 3.17. The minimum absolute atomic E-state index is 0.269. The molecule has 2 N–H and O–H groups in total. The van der Waals surface area contributed by atoms with Gasteiger partial charge in [0, 0.05) is 13.0 Å². The van der Waals surface area contributed by atoms with Crippen molar-refractivity contribution in [1.82, 2.24) is 0 Å². The first-order valence-electron chi connectivity index (χ1n) is 4.99. The highest BCUT2D eigenvalue weighted by Crippen LogP contribution is 2.13. The van der Waals surface area contributed by atoms with Gasteiger partial charge in [-0.25, -0.2) is 0 Å². The Morgan fingerprint density at radius 2 is 1.85 bits per heavy atom. The summed E-state index contributed by atoms with van der Waals surface area (Å²) >= 11 is 0. The second kappa shape index (κ2) is 8.05. The molecule has 0 bridgehead atoms. The average Bonchev–Trinajstić information content (AvgIpc) is 2.02. The van der Waals surface area contributed by atoms with Crippen molar-refractivity contribution in [1.29, 1.82) is 0 Å². The van der Waals surface area contributed by atoms with Crippen LogP contribution in [0.5, 0.6) is 0 Å². The molecule has 78 valence electrons. The van der Waals surface area contributed by atoms with Gasteiger partial charge in [-0.1, -0.05) is 32.6 Å². The molecule has 1 atom stereocenters. The molecule has 0 heterocycles. The molecular formula is C10H20O3. The molecule has 0 amide bonds. The zero-order valence-electron chi connectivity index (χ0n) is 8.33. The van der Waals surface area contributed by atoms with E-state index < -0.39 is 5.97 Å². The molecule has 13 heavy (non-hydrogen) atoms. The van der Waals surface area contributed by atoms with Crippen LogP contribution in [-0.4, -0.2) is 22.8 Å². The Hall–Kier alpha value is -0.570. The lowest BCUT2D eigenvalue weighted by Gasteiger charge is -2.07. The summed E-state index contributed by atoms with van der Waals surface area (Å²) in [5.74, 6) is -0.422. The van der Waals surface area contributed by atoms with Crippen LogP contribution in [0.2, 0.25) is 0 Å². The van der Waals surface area contributed by atoms with Crippen molar-refractivity contribution < 1.29 is 15.0 Å². The van der Waals surface area contributed by atoms with Crippen LogP contribution in [0.1, 0.15) is 45.4 Å². The highest BCUT2D eigenvalue weighted by molar-refractivity contribution is 5.66. The summed E-state index contributed by atoms with van der Waals surface area (Å²) in [4.78, 5) is 10.3. The van der Waals surface area contributed by atoms with E-state index in [4.69, 9.17) is 10.2 Å². The summed E-state index contributed by atoms with van der Waals surface area (Å²) in [5.41, 5.74) is 0. The van der Waals surface area contributed by atoms with E-state index in [0.717, 1.165) is 32.1 Å². The summed E-state index contributed by atoms with van der Waals surface area (Å²) in [6.45, 7) is 2.24. The Bertz CT molecular complexity index is 134. The standard InChI is InChI=1S/C10H20O3/c1-9(8-10(12)13)6-4-2-3-5-7-11/h9,11H,2-8H2,1H3,(H,12,13). The lowest BCUT2D eigenvalue weighted by atomic mass is 10.00. The molecule has 0 saturated heterocycles. The Labute approximate surface area is 79.8 Å². The van der Waals surface area contributed by atoms with Gasteiger partial charge in [-0.15, -0.1) is 0 Å².